The first-order valence-corrected chi connectivity index (χ1v) is 9.59. The molecule has 27 heavy (non-hydrogen) atoms. The molecule has 3 rings (SSSR count). The first-order chi connectivity index (χ1) is 12.8. The molecule has 1 fully saturated rings. The van der Waals surface area contributed by atoms with Crippen LogP contribution in [-0.2, 0) is 6.18 Å². The van der Waals surface area contributed by atoms with Gasteiger partial charge in [0.1, 0.15) is 11.4 Å². The molecule has 0 saturated carbocycles. The summed E-state index contributed by atoms with van der Waals surface area (Å²) in [6, 6.07) is 5.54. The molecule has 1 unspecified atom stereocenters. The van der Waals surface area contributed by atoms with Gasteiger partial charge in [-0.05, 0) is 61.4 Å². The van der Waals surface area contributed by atoms with E-state index in [0.29, 0.717) is 19.0 Å². The van der Waals surface area contributed by atoms with E-state index < -0.39 is 11.7 Å². The van der Waals surface area contributed by atoms with Crippen molar-refractivity contribution in [1.29, 1.82) is 0 Å². The Bertz CT molecular complexity index is 812. The van der Waals surface area contributed by atoms with Crippen LogP contribution in [0.2, 0.25) is 0 Å². The Morgan fingerprint density at radius 2 is 2.11 bits per heavy atom. The first-order valence-electron chi connectivity index (χ1n) is 8.71. The number of rotatable bonds is 4. The molecule has 9 heteroatoms. The highest BCUT2D eigenvalue weighted by molar-refractivity contribution is 7.97. The lowest BCUT2D eigenvalue weighted by molar-refractivity contribution is -0.137. The van der Waals surface area contributed by atoms with Crippen molar-refractivity contribution in [2.24, 2.45) is 11.1 Å². The lowest BCUT2D eigenvalue weighted by Crippen LogP contribution is -2.36. The van der Waals surface area contributed by atoms with Crippen LogP contribution in [-0.4, -0.2) is 23.1 Å². The van der Waals surface area contributed by atoms with Gasteiger partial charge in [-0.3, -0.25) is 5.14 Å². The van der Waals surface area contributed by atoms with E-state index in [2.05, 4.69) is 15.3 Å². The molecule has 1 aliphatic heterocycles. The van der Waals surface area contributed by atoms with E-state index in [1.165, 1.54) is 0 Å². The molecule has 146 valence electrons. The third kappa shape index (κ3) is 4.65. The summed E-state index contributed by atoms with van der Waals surface area (Å²) >= 11 is 1.13. The van der Waals surface area contributed by atoms with Gasteiger partial charge in [-0.2, -0.15) is 18.2 Å². The minimum atomic E-state index is -4.50. The van der Waals surface area contributed by atoms with Crippen LogP contribution in [0.4, 0.5) is 30.6 Å². The van der Waals surface area contributed by atoms with E-state index in [4.69, 9.17) is 5.14 Å². The molecule has 1 saturated heterocycles. The van der Waals surface area contributed by atoms with Crippen LogP contribution in [0, 0.1) is 12.8 Å². The van der Waals surface area contributed by atoms with Gasteiger partial charge in [0, 0.05) is 29.9 Å². The Morgan fingerprint density at radius 1 is 1.33 bits per heavy atom. The number of nitrogens with two attached hydrogens (primary N) is 1. The summed E-state index contributed by atoms with van der Waals surface area (Å²) in [6.07, 6.45) is -1.77. The minimum absolute atomic E-state index is 0.0571. The summed E-state index contributed by atoms with van der Waals surface area (Å²) in [6.45, 7) is 5.05. The number of hydrogen-bond donors (Lipinski definition) is 2. The molecule has 1 atom stereocenters. The molecule has 0 aliphatic carbocycles. The lowest BCUT2D eigenvalue weighted by atomic mass is 10.00. The molecule has 0 spiro atoms. The number of nitrogens with one attached hydrogen (secondary N) is 1. The van der Waals surface area contributed by atoms with Crippen LogP contribution in [0.25, 0.3) is 0 Å². The summed E-state index contributed by atoms with van der Waals surface area (Å²) in [5, 5.41) is 8.58. The molecule has 3 N–H and O–H groups in total. The first kappa shape index (κ1) is 19.8. The highest BCUT2D eigenvalue weighted by Crippen LogP contribution is 2.37. The van der Waals surface area contributed by atoms with Crippen LogP contribution in [0.15, 0.2) is 29.3 Å². The van der Waals surface area contributed by atoms with Crippen LogP contribution >= 0.6 is 11.9 Å². The quantitative estimate of drug-likeness (QED) is 0.726. The topological polar surface area (TPSA) is 67.1 Å². The number of aryl methyl sites for hydroxylation is 1. The molecule has 2 heterocycles. The maximum absolute atomic E-state index is 13.5. The number of nitrogens with zero attached hydrogens (tertiary/aromatic N) is 3. The van der Waals surface area contributed by atoms with Crippen molar-refractivity contribution in [3.8, 4) is 0 Å². The average Bonchev–Trinajstić information content (AvgIpc) is 2.62. The molecule has 0 radical (unpaired) electrons. The molecular weight excluding hydrogens is 375 g/mol. The number of alkyl halides is 3. The van der Waals surface area contributed by atoms with Crippen LogP contribution in [0.3, 0.4) is 0 Å². The molecule has 0 amide bonds. The zero-order valence-electron chi connectivity index (χ0n) is 15.2. The second kappa shape index (κ2) is 7.93. The van der Waals surface area contributed by atoms with E-state index >= 15 is 0 Å². The van der Waals surface area contributed by atoms with Crippen molar-refractivity contribution in [1.82, 2.24) is 9.97 Å². The van der Waals surface area contributed by atoms with Gasteiger partial charge in [0.25, 0.3) is 0 Å². The fourth-order valence-electron chi connectivity index (χ4n) is 3.23. The van der Waals surface area contributed by atoms with Crippen LogP contribution in [0.5, 0.6) is 0 Å². The van der Waals surface area contributed by atoms with Crippen LogP contribution < -0.4 is 15.4 Å². The van der Waals surface area contributed by atoms with E-state index in [0.717, 1.165) is 47.1 Å². The second-order valence-corrected chi connectivity index (χ2v) is 7.55. The van der Waals surface area contributed by atoms with Gasteiger partial charge in [0.15, 0.2) is 0 Å². The summed E-state index contributed by atoms with van der Waals surface area (Å²) in [4.78, 5) is 10.7. The maximum atomic E-state index is 13.5. The van der Waals surface area contributed by atoms with Crippen molar-refractivity contribution in [2.75, 3.05) is 23.3 Å². The third-order valence-electron chi connectivity index (χ3n) is 4.61. The highest BCUT2D eigenvalue weighted by Gasteiger charge is 2.37. The Balaban J connectivity index is 1.94. The van der Waals surface area contributed by atoms with E-state index in [1.807, 2.05) is 32.0 Å². The van der Waals surface area contributed by atoms with E-state index in [-0.39, 0.29) is 11.8 Å². The standard InChI is InChI=1S/C18H22F3N5S/c1-11-4-3-7-26(10-11)16-14(18(19,20)21)9-23-17(25-16)24-15-6-5-13(27-22)8-12(15)2/h5-6,8-9,11H,3-4,7,10,22H2,1-2H3,(H,23,24,25). The molecular formula is C18H22F3N5S. The SMILES string of the molecule is Cc1cc(SN)ccc1Nc1ncc(C(F)(F)F)c(N2CCCC(C)C2)n1. The Kier molecular flexibility index (Phi) is 5.81. The van der Waals surface area contributed by atoms with Gasteiger partial charge < -0.3 is 10.2 Å². The van der Waals surface area contributed by atoms with Gasteiger partial charge in [-0.25, -0.2) is 4.98 Å². The summed E-state index contributed by atoms with van der Waals surface area (Å²) in [7, 11) is 0. The van der Waals surface area contributed by atoms with Crippen molar-refractivity contribution in [3.63, 3.8) is 0 Å². The summed E-state index contributed by atoms with van der Waals surface area (Å²) in [5.41, 5.74) is 0.835. The number of aromatic nitrogens is 2. The summed E-state index contributed by atoms with van der Waals surface area (Å²) in [5.74, 6) is 0.417. The average molecular weight is 397 g/mol. The smallest absolute Gasteiger partial charge is 0.356 e. The van der Waals surface area contributed by atoms with Gasteiger partial charge >= 0.3 is 6.18 Å². The van der Waals surface area contributed by atoms with Gasteiger partial charge in [0.05, 0.1) is 0 Å². The van der Waals surface area contributed by atoms with Gasteiger partial charge in [0.2, 0.25) is 5.95 Å². The number of piperidine rings is 1. The lowest BCUT2D eigenvalue weighted by Gasteiger charge is -2.33. The molecule has 1 aromatic carbocycles. The number of hydrogen-bond acceptors (Lipinski definition) is 6. The molecule has 1 aliphatic rings. The van der Waals surface area contributed by atoms with Gasteiger partial charge in [-0.1, -0.05) is 6.92 Å². The normalized spacial score (nSPS) is 17.9. The predicted octanol–water partition coefficient (Wildman–Crippen LogP) is 4.75. The third-order valence-corrected chi connectivity index (χ3v) is 5.14. The van der Waals surface area contributed by atoms with E-state index in [1.54, 1.807) is 4.90 Å². The predicted molar refractivity (Wildman–Crippen MR) is 102 cm³/mol. The monoisotopic (exact) mass is 397 g/mol. The zero-order chi connectivity index (χ0) is 19.6. The van der Waals surface area contributed by atoms with Crippen LogP contribution in [0.1, 0.15) is 30.9 Å². The van der Waals surface area contributed by atoms with Crippen molar-refractivity contribution in [2.45, 2.75) is 37.8 Å². The number of halogens is 3. The highest BCUT2D eigenvalue weighted by atomic mass is 32.2. The minimum Gasteiger partial charge on any atom is -0.356 e. The fourth-order valence-corrected chi connectivity index (χ4v) is 3.62. The van der Waals surface area contributed by atoms with Gasteiger partial charge in [-0.15, -0.1) is 0 Å². The second-order valence-electron chi connectivity index (χ2n) is 6.84. The van der Waals surface area contributed by atoms with E-state index in [9.17, 15) is 13.2 Å². The Hall–Kier alpha value is -2.00. The zero-order valence-corrected chi connectivity index (χ0v) is 16.0. The maximum Gasteiger partial charge on any atom is 0.421 e. The van der Waals surface area contributed by atoms with Crippen molar-refractivity contribution >= 4 is 29.4 Å². The molecule has 1 aromatic heterocycles. The number of benzene rings is 1. The van der Waals surface area contributed by atoms with Crippen molar-refractivity contribution < 1.29 is 13.2 Å². The number of anilines is 3. The van der Waals surface area contributed by atoms with Crippen molar-refractivity contribution in [3.05, 3.63) is 35.5 Å². The molecule has 5 nitrogen and oxygen atoms in total. The largest absolute Gasteiger partial charge is 0.421 e. The fraction of sp³-hybridized carbons (Fsp3) is 0.444. The Labute approximate surface area is 160 Å². The Morgan fingerprint density at radius 3 is 2.74 bits per heavy atom. The molecule has 2 aromatic rings. The molecule has 0 bridgehead atoms. The summed E-state index contributed by atoms with van der Waals surface area (Å²) < 4.78 is 40.4.